The quantitative estimate of drug-likeness (QED) is 0.0404. The Kier molecular flexibility index (Phi) is 30.4. The van der Waals surface area contributed by atoms with Gasteiger partial charge in [0.25, 0.3) is 0 Å². The van der Waals surface area contributed by atoms with Gasteiger partial charge in [0.1, 0.15) is 201 Å². The van der Waals surface area contributed by atoms with Gasteiger partial charge in [-0.15, -0.1) is 0 Å². The van der Waals surface area contributed by atoms with Gasteiger partial charge in [0.15, 0.2) is 56.6 Å². The zero-order valence-electron chi connectivity index (χ0n) is 57.7. The Morgan fingerprint density at radius 3 is 0.764 bits per heavy atom. The fourth-order valence-corrected chi connectivity index (χ4v) is 14.0. The van der Waals surface area contributed by atoms with Gasteiger partial charge in [-0.25, -0.2) is 0 Å². The molecule has 0 aliphatic carbocycles. The summed E-state index contributed by atoms with van der Waals surface area (Å²) in [5.74, 6) is -2.71. The topological polar surface area (TPSA) is 710 Å². The smallest absolute Gasteiger partial charge is 0.217 e. The number of aliphatic hydroxyl groups excluding tert-OH is 23. The van der Waals surface area contributed by atoms with E-state index in [9.17, 15) is 132 Å². The molecule has 3 amide bonds. The minimum atomic E-state index is -2.44. The minimum absolute atomic E-state index is 0.811. The van der Waals surface area contributed by atoms with E-state index in [-0.39, 0.29) is 0 Å². The van der Waals surface area contributed by atoms with Gasteiger partial charge >= 0.3 is 0 Å². The van der Waals surface area contributed by atoms with E-state index in [1.165, 1.54) is 20.8 Å². The molecular weight excluding hydrogens is 1450 g/mol. The molecule has 45 atom stereocenters. The standard InChI is InChI=1S/C60H101N3O43/c1-13-28(73)32(77)38(83)55(90-13)104-49-25(61-16(4)70)52(89)93-22(10-67)46(49)101-59-42(87)36(81)44(20(8-65)97-59)99-54-27(63-18(6)72)51(106-57-40(85)34(79)30(75)15(3)92-57)48(24(12-69)96-54)103-60-43(88)37(82)45(21(9-66)98-60)100-53-26(62-17(5)71)50(105-56-39(84)33(78)29(74)14(2)91-56)47(23(11-68)95-53)102-58-41(86)35(80)31(76)19(7-64)94-58/h13-15,19-60,64-69,73-89H,7-12H2,1-6H3,(H,61,70)(H,62,71)(H,63,72). The lowest BCUT2D eigenvalue weighted by molar-refractivity contribution is -0.399. The molecule has 0 aromatic carbocycles. The van der Waals surface area contributed by atoms with Crippen molar-refractivity contribution in [1.29, 1.82) is 0 Å². The molecule has 9 rings (SSSR count). The number of aliphatic hydroxyl groups is 23. The van der Waals surface area contributed by atoms with E-state index in [0.717, 1.165) is 20.8 Å². The second kappa shape index (κ2) is 37.2. The minimum Gasteiger partial charge on any atom is -0.394 e. The first-order valence-corrected chi connectivity index (χ1v) is 34.2. The fourth-order valence-electron chi connectivity index (χ4n) is 14.0. The second-order valence-electron chi connectivity index (χ2n) is 27.3. The molecule has 106 heavy (non-hydrogen) atoms. The van der Waals surface area contributed by atoms with Crippen LogP contribution < -0.4 is 16.0 Å². The van der Waals surface area contributed by atoms with Crippen LogP contribution in [-0.2, 0) is 94.9 Å². The van der Waals surface area contributed by atoms with Crippen molar-refractivity contribution in [3.63, 3.8) is 0 Å². The van der Waals surface area contributed by atoms with Gasteiger partial charge in [-0.1, -0.05) is 0 Å². The Morgan fingerprint density at radius 1 is 0.245 bits per heavy atom. The van der Waals surface area contributed by atoms with Crippen molar-refractivity contribution in [3.8, 4) is 0 Å². The molecule has 46 nitrogen and oxygen atoms in total. The van der Waals surface area contributed by atoms with E-state index in [0.29, 0.717) is 0 Å². The second-order valence-corrected chi connectivity index (χ2v) is 27.3. The predicted molar refractivity (Wildman–Crippen MR) is 328 cm³/mol. The summed E-state index contributed by atoms with van der Waals surface area (Å²) in [7, 11) is 0. The predicted octanol–water partition coefficient (Wildman–Crippen LogP) is -17.1. The number of ether oxygens (including phenoxy) is 17. The maximum atomic E-state index is 13.4. The van der Waals surface area contributed by atoms with Crippen LogP contribution in [0.4, 0.5) is 0 Å². The lowest BCUT2D eigenvalue weighted by Gasteiger charge is -2.52. The SMILES string of the molecule is CC(=O)NC1C(O)OC(CO)C(OC2OC(CO)C(OC3OC(CO)C(OC4OC(CO)C(OC5OC(CO)C(OC6OC(CO)C(O)C(O)C6O)C(OC6OC(C)C(O)C(O)C6O)C5NC(C)=O)C(O)C4O)C(OC4OC(C)C(O)C(O)C4O)C3NC(C)=O)C(O)C2O)C1OC1OC(C)C(O)C(O)C1O. The maximum absolute atomic E-state index is 13.4. The van der Waals surface area contributed by atoms with Crippen LogP contribution in [0.25, 0.3) is 0 Å². The van der Waals surface area contributed by atoms with Crippen molar-refractivity contribution < 1.29 is 212 Å². The maximum Gasteiger partial charge on any atom is 0.217 e. The molecule has 45 unspecified atom stereocenters. The third-order valence-corrected chi connectivity index (χ3v) is 19.9. The Hall–Kier alpha value is -3.19. The molecule has 614 valence electrons. The van der Waals surface area contributed by atoms with E-state index in [1.807, 2.05) is 0 Å². The summed E-state index contributed by atoms with van der Waals surface area (Å²) in [5, 5.41) is 261. The molecule has 0 spiro atoms. The number of carbonyl (C=O) groups excluding carboxylic acids is 3. The van der Waals surface area contributed by atoms with E-state index < -0.39 is 334 Å². The number of hydrogen-bond donors (Lipinski definition) is 26. The largest absolute Gasteiger partial charge is 0.394 e. The number of hydrogen-bond acceptors (Lipinski definition) is 43. The highest BCUT2D eigenvalue weighted by atomic mass is 16.8. The van der Waals surface area contributed by atoms with Crippen LogP contribution in [0.3, 0.4) is 0 Å². The summed E-state index contributed by atoms with van der Waals surface area (Å²) in [6, 6.07) is -5.55. The number of carbonyl (C=O) groups is 3. The van der Waals surface area contributed by atoms with Crippen molar-refractivity contribution >= 4 is 17.7 Å². The summed E-state index contributed by atoms with van der Waals surface area (Å²) in [4.78, 5) is 39.2. The average Bonchev–Trinajstić information content (AvgIpc) is 0.763. The van der Waals surface area contributed by atoms with Crippen LogP contribution in [-0.4, -0.2) is 451 Å². The lowest BCUT2D eigenvalue weighted by atomic mass is 9.93. The van der Waals surface area contributed by atoms with Gasteiger partial charge in [0.05, 0.1) is 58.0 Å². The van der Waals surface area contributed by atoms with Gasteiger partial charge in [0, 0.05) is 20.8 Å². The molecule has 0 aromatic rings. The Bertz CT molecular complexity index is 2780. The molecule has 0 radical (unpaired) electrons. The molecule has 46 heteroatoms. The highest BCUT2D eigenvalue weighted by molar-refractivity contribution is 5.74. The van der Waals surface area contributed by atoms with Gasteiger partial charge in [0.2, 0.25) is 17.7 Å². The number of amides is 3. The van der Waals surface area contributed by atoms with E-state index in [2.05, 4.69) is 16.0 Å². The Balaban J connectivity index is 0.997. The molecule has 0 saturated carbocycles. The van der Waals surface area contributed by atoms with Gasteiger partial charge < -0.3 is 214 Å². The third kappa shape index (κ3) is 18.5. The number of rotatable bonds is 25. The molecule has 0 aromatic heterocycles. The van der Waals surface area contributed by atoms with Gasteiger partial charge in [-0.05, 0) is 20.8 Å². The molecule has 9 heterocycles. The normalized spacial score (nSPS) is 51.1. The van der Waals surface area contributed by atoms with Gasteiger partial charge in [-0.3, -0.25) is 14.4 Å². The molecule has 0 bridgehead atoms. The van der Waals surface area contributed by atoms with Crippen molar-refractivity contribution in [1.82, 2.24) is 16.0 Å². The van der Waals surface area contributed by atoms with Crippen LogP contribution in [0.1, 0.15) is 41.5 Å². The van der Waals surface area contributed by atoms with E-state index in [1.54, 1.807) is 0 Å². The third-order valence-electron chi connectivity index (χ3n) is 19.9. The molecule has 9 aliphatic rings. The summed E-state index contributed by atoms with van der Waals surface area (Å²) in [6.45, 7) is 0.0751. The summed E-state index contributed by atoms with van der Waals surface area (Å²) < 4.78 is 102. The van der Waals surface area contributed by atoms with Crippen LogP contribution in [0, 0.1) is 0 Å². The van der Waals surface area contributed by atoms with Crippen LogP contribution in [0.5, 0.6) is 0 Å². The highest BCUT2D eigenvalue weighted by Crippen LogP contribution is 2.41. The molecule has 9 fully saturated rings. The van der Waals surface area contributed by atoms with Crippen molar-refractivity contribution in [2.24, 2.45) is 0 Å². The van der Waals surface area contributed by atoms with Crippen LogP contribution in [0.2, 0.25) is 0 Å². The molecular formula is C60H101N3O43. The van der Waals surface area contributed by atoms with E-state index in [4.69, 9.17) is 80.5 Å². The molecule has 26 N–H and O–H groups in total. The van der Waals surface area contributed by atoms with Crippen LogP contribution >= 0.6 is 0 Å². The van der Waals surface area contributed by atoms with Crippen molar-refractivity contribution in [2.75, 3.05) is 39.6 Å². The molecule has 9 aliphatic heterocycles. The molecule has 9 saturated heterocycles. The average molecular weight is 1550 g/mol. The monoisotopic (exact) mass is 1550 g/mol. The summed E-state index contributed by atoms with van der Waals surface area (Å²) in [5.41, 5.74) is 0. The first-order valence-electron chi connectivity index (χ1n) is 34.2. The van der Waals surface area contributed by atoms with Crippen LogP contribution in [0.15, 0.2) is 0 Å². The van der Waals surface area contributed by atoms with E-state index >= 15 is 0 Å². The first kappa shape index (κ1) is 86.8. The number of nitrogens with one attached hydrogen (secondary N) is 3. The van der Waals surface area contributed by atoms with Crippen molar-refractivity contribution in [3.05, 3.63) is 0 Å². The summed E-state index contributed by atoms with van der Waals surface area (Å²) >= 11 is 0. The Morgan fingerprint density at radius 2 is 0.462 bits per heavy atom. The zero-order valence-corrected chi connectivity index (χ0v) is 57.7. The lowest BCUT2D eigenvalue weighted by Crippen LogP contribution is -2.72. The zero-order chi connectivity index (χ0) is 78.1. The Labute approximate surface area is 602 Å². The fraction of sp³-hybridized carbons (Fsp3) is 0.950. The summed E-state index contributed by atoms with van der Waals surface area (Å²) in [6.07, 6.45) is -82.3. The highest BCUT2D eigenvalue weighted by Gasteiger charge is 2.62. The van der Waals surface area contributed by atoms with Crippen molar-refractivity contribution in [2.45, 2.75) is 318 Å². The first-order chi connectivity index (χ1) is 50.0. The van der Waals surface area contributed by atoms with Gasteiger partial charge in [-0.2, -0.15) is 0 Å².